The molecule has 2 aromatic heterocycles. The van der Waals surface area contributed by atoms with Crippen LogP contribution in [0.5, 0.6) is 0 Å². The monoisotopic (exact) mass is 362 g/mol. The van der Waals surface area contributed by atoms with Gasteiger partial charge in [0.1, 0.15) is 5.65 Å². The van der Waals surface area contributed by atoms with Crippen LogP contribution in [0.4, 0.5) is 16.2 Å². The van der Waals surface area contributed by atoms with E-state index < -0.39 is 0 Å². The van der Waals surface area contributed by atoms with E-state index in [1.54, 1.807) is 12.1 Å². The number of imidazole rings is 1. The fraction of sp³-hybridized carbons (Fsp3) is 0. The molecule has 0 bridgehead atoms. The largest absolute Gasteiger partial charge is 0.323 e. The number of hydrogen-bond acceptors (Lipinski definition) is 2. The van der Waals surface area contributed by atoms with Gasteiger partial charge in [0, 0.05) is 18.0 Å². The van der Waals surface area contributed by atoms with Gasteiger partial charge in [-0.3, -0.25) is 0 Å². The highest BCUT2D eigenvalue weighted by Gasteiger charge is 2.12. The maximum atomic E-state index is 12.4. The molecule has 0 saturated carbocycles. The van der Waals surface area contributed by atoms with Crippen molar-refractivity contribution < 1.29 is 4.79 Å². The molecule has 0 aliphatic rings. The van der Waals surface area contributed by atoms with Crippen LogP contribution in [0.3, 0.4) is 0 Å². The van der Waals surface area contributed by atoms with E-state index in [4.69, 9.17) is 11.6 Å². The van der Waals surface area contributed by atoms with Crippen LogP contribution < -0.4 is 10.6 Å². The van der Waals surface area contributed by atoms with Gasteiger partial charge in [-0.05, 0) is 30.3 Å². The lowest BCUT2D eigenvalue weighted by Gasteiger charge is -2.11. The lowest BCUT2D eigenvalue weighted by Crippen LogP contribution is -2.20. The van der Waals surface area contributed by atoms with Crippen LogP contribution in [-0.2, 0) is 0 Å². The Hall–Kier alpha value is -3.31. The van der Waals surface area contributed by atoms with Gasteiger partial charge in [0.25, 0.3) is 0 Å². The van der Waals surface area contributed by atoms with Crippen LogP contribution in [0.25, 0.3) is 16.9 Å². The Bertz CT molecular complexity index is 1060. The molecule has 4 aromatic rings. The molecule has 2 heterocycles. The van der Waals surface area contributed by atoms with E-state index in [9.17, 15) is 4.79 Å². The average molecular weight is 363 g/mol. The minimum absolute atomic E-state index is 0.366. The smallest absolute Gasteiger partial charge is 0.307 e. The average Bonchev–Trinajstić information content (AvgIpc) is 3.08. The number of nitrogens with one attached hydrogen (secondary N) is 2. The number of carbonyl (C=O) groups excluding carboxylic acids is 1. The minimum atomic E-state index is -0.366. The molecule has 0 atom stereocenters. The quantitative estimate of drug-likeness (QED) is 0.519. The number of pyridine rings is 1. The van der Waals surface area contributed by atoms with Crippen molar-refractivity contribution in [3.8, 4) is 11.3 Å². The third kappa shape index (κ3) is 3.25. The van der Waals surface area contributed by atoms with Crippen molar-refractivity contribution in [3.05, 3.63) is 84.1 Å². The van der Waals surface area contributed by atoms with Crippen molar-refractivity contribution in [3.63, 3.8) is 0 Å². The van der Waals surface area contributed by atoms with Crippen LogP contribution >= 0.6 is 11.6 Å². The van der Waals surface area contributed by atoms with Gasteiger partial charge in [0.15, 0.2) is 0 Å². The second-order valence-corrected chi connectivity index (χ2v) is 6.10. The summed E-state index contributed by atoms with van der Waals surface area (Å²) in [6, 6.07) is 20.1. The number of fused-ring (bicyclic) bond motifs is 1. The third-order valence-electron chi connectivity index (χ3n) is 3.94. The molecule has 0 spiro atoms. The van der Waals surface area contributed by atoms with Gasteiger partial charge in [-0.25, -0.2) is 9.78 Å². The number of amides is 2. The number of carbonyl (C=O) groups is 1. The van der Waals surface area contributed by atoms with Crippen molar-refractivity contribution in [2.45, 2.75) is 0 Å². The van der Waals surface area contributed by atoms with Gasteiger partial charge in [-0.15, -0.1) is 0 Å². The zero-order chi connectivity index (χ0) is 17.9. The first-order valence-electron chi connectivity index (χ1n) is 8.06. The van der Waals surface area contributed by atoms with Gasteiger partial charge < -0.3 is 15.0 Å². The first-order chi connectivity index (χ1) is 12.7. The number of aromatic nitrogens is 2. The highest BCUT2D eigenvalue weighted by molar-refractivity contribution is 6.33. The molecule has 2 amide bonds. The number of para-hydroxylation sites is 2. The Morgan fingerprint density at radius 1 is 0.885 bits per heavy atom. The van der Waals surface area contributed by atoms with Gasteiger partial charge >= 0.3 is 6.03 Å². The number of urea groups is 1. The first kappa shape index (κ1) is 16.2. The summed E-state index contributed by atoms with van der Waals surface area (Å²) in [7, 11) is 0. The molecular formula is C20H15ClN4O. The zero-order valence-corrected chi connectivity index (χ0v) is 14.4. The Balaban J connectivity index is 1.61. The predicted molar refractivity (Wildman–Crippen MR) is 105 cm³/mol. The lowest BCUT2D eigenvalue weighted by atomic mass is 10.1. The maximum Gasteiger partial charge on any atom is 0.323 e. The van der Waals surface area contributed by atoms with E-state index in [2.05, 4.69) is 15.6 Å². The molecule has 2 N–H and O–H groups in total. The van der Waals surface area contributed by atoms with Gasteiger partial charge in [-0.2, -0.15) is 0 Å². The Morgan fingerprint density at radius 2 is 1.58 bits per heavy atom. The molecule has 0 aliphatic carbocycles. The number of benzene rings is 2. The lowest BCUT2D eigenvalue weighted by molar-refractivity contribution is 0.262. The van der Waals surface area contributed by atoms with E-state index in [-0.39, 0.29) is 6.03 Å². The number of nitrogens with zero attached hydrogens (tertiary/aromatic N) is 2. The summed E-state index contributed by atoms with van der Waals surface area (Å²) in [4.78, 5) is 17.0. The van der Waals surface area contributed by atoms with Gasteiger partial charge in [0.05, 0.1) is 22.1 Å². The van der Waals surface area contributed by atoms with Crippen molar-refractivity contribution in [1.82, 2.24) is 9.38 Å². The molecule has 5 nitrogen and oxygen atoms in total. The van der Waals surface area contributed by atoms with Crippen LogP contribution in [0.15, 0.2) is 79.1 Å². The molecule has 0 unspecified atom stereocenters. The number of halogens is 1. The van der Waals surface area contributed by atoms with Crippen LogP contribution in [0.1, 0.15) is 0 Å². The molecule has 2 aromatic carbocycles. The Morgan fingerprint density at radius 3 is 2.38 bits per heavy atom. The summed E-state index contributed by atoms with van der Waals surface area (Å²) in [6.07, 6.45) is 3.87. The molecule has 0 radical (unpaired) electrons. The van der Waals surface area contributed by atoms with E-state index in [0.29, 0.717) is 16.4 Å². The van der Waals surface area contributed by atoms with Crippen molar-refractivity contribution >= 4 is 34.7 Å². The first-order valence-corrected chi connectivity index (χ1v) is 8.44. The molecule has 0 fully saturated rings. The number of anilines is 2. The molecule has 128 valence electrons. The fourth-order valence-corrected chi connectivity index (χ4v) is 2.90. The van der Waals surface area contributed by atoms with Crippen LogP contribution in [-0.4, -0.2) is 15.4 Å². The van der Waals surface area contributed by atoms with E-state index in [0.717, 1.165) is 16.9 Å². The predicted octanol–water partition coefficient (Wildman–Crippen LogP) is 5.30. The minimum Gasteiger partial charge on any atom is -0.307 e. The second kappa shape index (κ2) is 6.90. The fourth-order valence-electron chi connectivity index (χ4n) is 2.72. The molecular weight excluding hydrogens is 348 g/mol. The normalized spacial score (nSPS) is 10.7. The summed E-state index contributed by atoms with van der Waals surface area (Å²) >= 11 is 6.09. The third-order valence-corrected chi connectivity index (χ3v) is 4.27. The highest BCUT2D eigenvalue weighted by Crippen LogP contribution is 2.28. The Kier molecular flexibility index (Phi) is 4.29. The summed E-state index contributed by atoms with van der Waals surface area (Å²) in [5.41, 5.74) is 3.69. The second-order valence-electron chi connectivity index (χ2n) is 5.70. The number of rotatable bonds is 3. The molecule has 26 heavy (non-hydrogen) atoms. The summed E-state index contributed by atoms with van der Waals surface area (Å²) in [5, 5.41) is 6.11. The summed E-state index contributed by atoms with van der Waals surface area (Å²) in [6.45, 7) is 0. The van der Waals surface area contributed by atoms with Crippen LogP contribution in [0.2, 0.25) is 5.02 Å². The molecule has 0 saturated heterocycles. The van der Waals surface area contributed by atoms with Crippen molar-refractivity contribution in [1.29, 1.82) is 0 Å². The van der Waals surface area contributed by atoms with Crippen molar-refractivity contribution in [2.75, 3.05) is 10.6 Å². The maximum absolute atomic E-state index is 12.4. The zero-order valence-electron chi connectivity index (χ0n) is 13.7. The van der Waals surface area contributed by atoms with E-state index >= 15 is 0 Å². The molecule has 6 heteroatoms. The Labute approximate surface area is 155 Å². The highest BCUT2D eigenvalue weighted by atomic mass is 35.5. The SMILES string of the molecule is O=C(Nc1ccccc1Cl)Nc1ccccc1-c1cn2ccccc2n1. The molecule has 0 aliphatic heterocycles. The van der Waals surface area contributed by atoms with Crippen molar-refractivity contribution in [2.24, 2.45) is 0 Å². The molecule has 4 rings (SSSR count). The summed E-state index contributed by atoms with van der Waals surface area (Å²) < 4.78 is 1.94. The van der Waals surface area contributed by atoms with Crippen LogP contribution in [0, 0.1) is 0 Å². The van der Waals surface area contributed by atoms with E-state index in [1.165, 1.54) is 0 Å². The van der Waals surface area contributed by atoms with E-state index in [1.807, 2.05) is 71.4 Å². The standard InChI is InChI=1S/C20H15ClN4O/c21-15-8-2-4-10-17(15)24-20(26)23-16-9-3-1-7-14(16)18-13-25-12-6-5-11-19(25)22-18/h1-13H,(H2,23,24,26). The number of hydrogen-bond donors (Lipinski definition) is 2. The van der Waals surface area contributed by atoms with Gasteiger partial charge in [-0.1, -0.05) is 48.0 Å². The van der Waals surface area contributed by atoms with Gasteiger partial charge in [0.2, 0.25) is 0 Å². The summed E-state index contributed by atoms with van der Waals surface area (Å²) in [5.74, 6) is 0. The topological polar surface area (TPSA) is 58.4 Å².